The van der Waals surface area contributed by atoms with Crippen LogP contribution < -0.4 is 4.57 Å². The van der Waals surface area contributed by atoms with Gasteiger partial charge < -0.3 is 24.7 Å². The van der Waals surface area contributed by atoms with Crippen molar-refractivity contribution in [1.29, 1.82) is 0 Å². The zero-order chi connectivity index (χ0) is 16.7. The van der Waals surface area contributed by atoms with Crippen LogP contribution in [0.1, 0.15) is 26.3 Å². The first-order chi connectivity index (χ1) is 9.18. The molecule has 1 heterocycles. The molecular formula is C11H20NO7P2+. The van der Waals surface area contributed by atoms with Gasteiger partial charge in [-0.1, -0.05) is 0 Å². The van der Waals surface area contributed by atoms with E-state index >= 15 is 0 Å². The van der Waals surface area contributed by atoms with Crippen molar-refractivity contribution in [3.63, 3.8) is 0 Å². The molecule has 1 aromatic heterocycles. The van der Waals surface area contributed by atoms with Crippen molar-refractivity contribution in [2.45, 2.75) is 37.8 Å². The molecule has 0 aromatic carbocycles. The third-order valence-corrected chi connectivity index (χ3v) is 6.79. The lowest BCUT2D eigenvalue weighted by Gasteiger charge is -2.29. The van der Waals surface area contributed by atoms with Gasteiger partial charge in [-0.05, 0) is 5.56 Å². The SMILES string of the molecule is CC(C)(C)[n+]1ccc(CC(O)(P(=O)(O)O)P(=O)(O)O)cc1. The standard InChI is InChI=1S/C11H19NO7P2/c1-10(2,3)12-6-4-9(5-7-12)8-11(13,20(14,15)16)21(17,18)19/h4-7,13H,8H2,1-3H3,(H3-,14,15,16,17,18,19)/p+1. The predicted octanol–water partition coefficient (Wildman–Crippen LogP) is 0.273. The lowest BCUT2D eigenvalue weighted by molar-refractivity contribution is -0.754. The molecule has 0 spiro atoms. The van der Waals surface area contributed by atoms with E-state index in [1.54, 1.807) is 12.4 Å². The number of pyridine rings is 1. The van der Waals surface area contributed by atoms with E-state index in [4.69, 9.17) is 19.6 Å². The van der Waals surface area contributed by atoms with E-state index in [0.717, 1.165) is 0 Å². The minimum Gasteiger partial charge on any atom is -0.367 e. The Morgan fingerprint density at radius 1 is 1.00 bits per heavy atom. The number of aromatic nitrogens is 1. The smallest absolute Gasteiger partial charge is 0.367 e. The molecule has 0 radical (unpaired) electrons. The zero-order valence-electron chi connectivity index (χ0n) is 11.9. The molecule has 0 aliphatic heterocycles. The molecule has 0 amide bonds. The van der Waals surface area contributed by atoms with Crippen LogP contribution in [0.2, 0.25) is 0 Å². The van der Waals surface area contributed by atoms with E-state index < -0.39 is 26.7 Å². The maximum absolute atomic E-state index is 11.3. The second-order valence-electron chi connectivity index (χ2n) is 5.82. The molecule has 0 saturated carbocycles. The molecule has 0 aliphatic carbocycles. The molecule has 0 aliphatic rings. The van der Waals surface area contributed by atoms with Crippen LogP contribution >= 0.6 is 15.2 Å². The highest BCUT2D eigenvalue weighted by molar-refractivity contribution is 7.72. The van der Waals surface area contributed by atoms with Crippen molar-refractivity contribution >= 4 is 15.2 Å². The van der Waals surface area contributed by atoms with E-state index in [1.807, 2.05) is 25.3 Å². The molecule has 0 saturated heterocycles. The summed E-state index contributed by atoms with van der Waals surface area (Å²) in [6, 6.07) is 2.89. The molecule has 0 bridgehead atoms. The molecule has 120 valence electrons. The Bertz CT molecular complexity index is 574. The van der Waals surface area contributed by atoms with Crippen molar-refractivity contribution in [2.24, 2.45) is 0 Å². The maximum Gasteiger partial charge on any atom is 0.369 e. The molecule has 10 heteroatoms. The van der Waals surface area contributed by atoms with Crippen molar-refractivity contribution < 1.29 is 38.4 Å². The van der Waals surface area contributed by atoms with Crippen LogP contribution in [0.5, 0.6) is 0 Å². The fourth-order valence-electron chi connectivity index (χ4n) is 1.67. The topological polar surface area (TPSA) is 139 Å². The van der Waals surface area contributed by atoms with E-state index in [-0.39, 0.29) is 11.1 Å². The normalized spacial score (nSPS) is 14.3. The van der Waals surface area contributed by atoms with E-state index in [9.17, 15) is 14.2 Å². The van der Waals surface area contributed by atoms with E-state index in [1.165, 1.54) is 12.1 Å². The van der Waals surface area contributed by atoms with Gasteiger partial charge in [0.05, 0.1) is 0 Å². The summed E-state index contributed by atoms with van der Waals surface area (Å²) in [5.41, 5.74) is -0.0222. The van der Waals surface area contributed by atoms with Gasteiger partial charge in [-0.2, -0.15) is 0 Å². The molecule has 0 unspecified atom stereocenters. The molecule has 1 rings (SSSR count). The Morgan fingerprint density at radius 2 is 1.38 bits per heavy atom. The highest BCUT2D eigenvalue weighted by Crippen LogP contribution is 2.68. The average Bonchev–Trinajstić information content (AvgIpc) is 2.25. The molecule has 1 aromatic rings. The lowest BCUT2D eigenvalue weighted by Crippen LogP contribution is -2.49. The van der Waals surface area contributed by atoms with E-state index in [2.05, 4.69) is 0 Å². The van der Waals surface area contributed by atoms with Crippen LogP contribution in [0.15, 0.2) is 24.5 Å². The zero-order valence-corrected chi connectivity index (χ0v) is 13.7. The summed E-state index contributed by atoms with van der Waals surface area (Å²) in [5, 5.41) is 6.41. The van der Waals surface area contributed by atoms with Crippen LogP contribution in [0.3, 0.4) is 0 Å². The van der Waals surface area contributed by atoms with Crippen LogP contribution in [-0.2, 0) is 21.1 Å². The van der Waals surface area contributed by atoms with Gasteiger partial charge in [0.15, 0.2) is 17.9 Å². The van der Waals surface area contributed by atoms with Gasteiger partial charge in [0.2, 0.25) is 0 Å². The average molecular weight is 340 g/mol. The third-order valence-electron chi connectivity index (χ3n) is 3.05. The Labute approximate surface area is 122 Å². The molecule has 8 nitrogen and oxygen atoms in total. The number of nitrogens with zero attached hydrogens (tertiary/aromatic N) is 1. The number of aliphatic hydroxyl groups is 1. The fraction of sp³-hybridized carbons (Fsp3) is 0.545. The number of rotatable bonds is 4. The molecule has 5 N–H and O–H groups in total. The molecule has 0 fully saturated rings. The van der Waals surface area contributed by atoms with Crippen LogP contribution in [0, 0.1) is 0 Å². The Balaban J connectivity index is 3.19. The summed E-state index contributed by atoms with van der Waals surface area (Å²) in [7, 11) is -10.9. The van der Waals surface area contributed by atoms with Gasteiger partial charge in [0.25, 0.3) is 5.08 Å². The highest BCUT2D eigenvalue weighted by Gasteiger charge is 2.59. The first kappa shape index (κ1) is 18.5. The largest absolute Gasteiger partial charge is 0.369 e. The fourth-order valence-corrected chi connectivity index (χ4v) is 3.81. The number of hydrogen-bond donors (Lipinski definition) is 5. The predicted molar refractivity (Wildman–Crippen MR) is 74.4 cm³/mol. The summed E-state index contributed by atoms with van der Waals surface area (Å²) < 4.78 is 24.4. The molecule has 21 heavy (non-hydrogen) atoms. The van der Waals surface area contributed by atoms with Crippen LogP contribution in [-0.4, -0.2) is 29.8 Å². The van der Waals surface area contributed by atoms with Crippen molar-refractivity contribution in [3.05, 3.63) is 30.1 Å². The summed E-state index contributed by atoms with van der Waals surface area (Å²) >= 11 is 0. The summed E-state index contributed by atoms with van der Waals surface area (Å²) in [6.07, 6.45) is 2.36. The van der Waals surface area contributed by atoms with Gasteiger partial charge in [0, 0.05) is 39.3 Å². The van der Waals surface area contributed by atoms with Gasteiger partial charge in [-0.3, -0.25) is 9.13 Å². The van der Waals surface area contributed by atoms with Crippen LogP contribution in [0.4, 0.5) is 0 Å². The van der Waals surface area contributed by atoms with E-state index in [0.29, 0.717) is 0 Å². The molecular weight excluding hydrogens is 320 g/mol. The summed E-state index contributed by atoms with van der Waals surface area (Å²) in [6.45, 7) is 5.82. The van der Waals surface area contributed by atoms with Gasteiger partial charge >= 0.3 is 15.2 Å². The highest BCUT2D eigenvalue weighted by atomic mass is 31.2. The lowest BCUT2D eigenvalue weighted by atomic mass is 10.1. The number of hydrogen-bond acceptors (Lipinski definition) is 3. The van der Waals surface area contributed by atoms with Crippen molar-refractivity contribution in [3.8, 4) is 0 Å². The monoisotopic (exact) mass is 340 g/mol. The second kappa shape index (κ2) is 5.56. The van der Waals surface area contributed by atoms with Crippen molar-refractivity contribution in [2.75, 3.05) is 0 Å². The van der Waals surface area contributed by atoms with Gasteiger partial charge in [-0.15, -0.1) is 0 Å². The third kappa shape index (κ3) is 3.99. The summed E-state index contributed by atoms with van der Waals surface area (Å²) in [5.74, 6) is 0. The first-order valence-corrected chi connectivity index (χ1v) is 9.25. The van der Waals surface area contributed by atoms with Crippen LogP contribution in [0.25, 0.3) is 0 Å². The van der Waals surface area contributed by atoms with Gasteiger partial charge in [0.1, 0.15) is 0 Å². The Kier molecular flexibility index (Phi) is 4.88. The molecule has 0 atom stereocenters. The minimum atomic E-state index is -5.43. The quantitative estimate of drug-likeness (QED) is 0.392. The Morgan fingerprint density at radius 3 is 1.67 bits per heavy atom. The maximum atomic E-state index is 11.3. The first-order valence-electron chi connectivity index (χ1n) is 6.03. The minimum absolute atomic E-state index is 0.199. The van der Waals surface area contributed by atoms with Gasteiger partial charge in [-0.25, -0.2) is 4.57 Å². The Hall–Kier alpha value is -0.590. The van der Waals surface area contributed by atoms with Crippen molar-refractivity contribution in [1.82, 2.24) is 0 Å². The second-order valence-corrected chi connectivity index (χ2v) is 9.83. The summed E-state index contributed by atoms with van der Waals surface area (Å²) in [4.78, 5) is 36.3.